The topological polar surface area (TPSA) is 119 Å². The number of amides is 1. The van der Waals surface area contributed by atoms with Gasteiger partial charge in [-0.3, -0.25) is 0 Å². The minimum Gasteiger partial charge on any atom is -0.480 e. The fourth-order valence-corrected chi connectivity index (χ4v) is 2.86. The lowest BCUT2D eigenvalue weighted by molar-refractivity contribution is -0.143. The maximum absolute atomic E-state index is 12.4. The molecule has 0 bridgehead atoms. The minimum absolute atomic E-state index is 0.0813. The van der Waals surface area contributed by atoms with E-state index in [0.29, 0.717) is 5.56 Å². The quantitative estimate of drug-likeness (QED) is 0.458. The molecule has 0 aliphatic heterocycles. The van der Waals surface area contributed by atoms with E-state index in [-0.39, 0.29) is 18.6 Å². The Kier molecular flexibility index (Phi) is 7.16. The number of hydrogen-bond donors (Lipinski definition) is 2. The normalized spacial score (nSPS) is 13.7. The van der Waals surface area contributed by atoms with Crippen LogP contribution in [-0.2, 0) is 32.7 Å². The highest BCUT2D eigenvalue weighted by atomic mass is 32.2. The summed E-state index contributed by atoms with van der Waals surface area (Å²) in [6.45, 7) is 1.14. The van der Waals surface area contributed by atoms with E-state index in [1.807, 2.05) is 0 Å². The van der Waals surface area contributed by atoms with Crippen molar-refractivity contribution in [2.45, 2.75) is 31.0 Å². The standard InChI is InChI=1S/C19H18F3NO7S/c1-18(16(24)25,23-17(26)29-12-14-5-3-2-4-6-14)11-13-7-9-15(10-8-13)30-31(27,28)19(20,21)22/h2-10H,11-12H2,1H3,(H,23,26)(H,24,25)/t18-/m0/s1. The van der Waals surface area contributed by atoms with Gasteiger partial charge in [-0.15, -0.1) is 0 Å². The molecular weight excluding hydrogens is 443 g/mol. The first-order chi connectivity index (χ1) is 14.3. The lowest BCUT2D eigenvalue weighted by Gasteiger charge is -2.26. The smallest absolute Gasteiger partial charge is 0.480 e. The van der Waals surface area contributed by atoms with E-state index < -0.39 is 39.0 Å². The van der Waals surface area contributed by atoms with Crippen molar-refractivity contribution in [2.24, 2.45) is 0 Å². The lowest BCUT2D eigenvalue weighted by atomic mass is 9.93. The molecule has 8 nitrogen and oxygen atoms in total. The molecular formula is C19H18F3NO7S. The van der Waals surface area contributed by atoms with Gasteiger partial charge in [-0.1, -0.05) is 42.5 Å². The zero-order chi connectivity index (χ0) is 23.3. The Labute approximate surface area is 175 Å². The molecule has 0 aliphatic carbocycles. The Morgan fingerprint density at radius 1 is 1.00 bits per heavy atom. The van der Waals surface area contributed by atoms with Gasteiger partial charge in [-0.05, 0) is 30.2 Å². The van der Waals surface area contributed by atoms with Gasteiger partial charge in [0.2, 0.25) is 0 Å². The predicted octanol–water partition coefficient (Wildman–Crippen LogP) is 3.23. The average Bonchev–Trinajstić information content (AvgIpc) is 2.67. The first kappa shape index (κ1) is 24.0. The molecule has 0 saturated heterocycles. The number of carbonyl (C=O) groups excluding carboxylic acids is 1. The number of alkyl carbamates (subject to hydrolysis) is 1. The van der Waals surface area contributed by atoms with E-state index in [4.69, 9.17) is 4.74 Å². The Bertz CT molecular complexity index is 1020. The Balaban J connectivity index is 2.04. The minimum atomic E-state index is -5.83. The average molecular weight is 461 g/mol. The third kappa shape index (κ3) is 6.60. The number of rotatable bonds is 8. The van der Waals surface area contributed by atoms with Crippen LogP contribution in [0.4, 0.5) is 18.0 Å². The summed E-state index contributed by atoms with van der Waals surface area (Å²) in [7, 11) is -5.83. The summed E-state index contributed by atoms with van der Waals surface area (Å²) in [6, 6.07) is 12.9. The van der Waals surface area contributed by atoms with Crippen molar-refractivity contribution in [1.82, 2.24) is 5.32 Å². The number of ether oxygens (including phenoxy) is 1. The van der Waals surface area contributed by atoms with Crippen molar-refractivity contribution in [1.29, 1.82) is 0 Å². The molecule has 1 atom stereocenters. The zero-order valence-corrected chi connectivity index (χ0v) is 16.9. The van der Waals surface area contributed by atoms with Crippen LogP contribution in [0.15, 0.2) is 54.6 Å². The van der Waals surface area contributed by atoms with Crippen molar-refractivity contribution >= 4 is 22.2 Å². The maximum atomic E-state index is 12.4. The van der Waals surface area contributed by atoms with Crippen molar-refractivity contribution in [3.63, 3.8) is 0 Å². The fraction of sp³-hybridized carbons (Fsp3) is 0.263. The second-order valence-corrected chi connectivity index (χ2v) is 8.17. The first-order valence-electron chi connectivity index (χ1n) is 8.64. The number of benzene rings is 2. The van der Waals surface area contributed by atoms with Gasteiger partial charge in [0.25, 0.3) is 0 Å². The maximum Gasteiger partial charge on any atom is 0.534 e. The SMILES string of the molecule is C[C@@](Cc1ccc(OS(=O)(=O)C(F)(F)F)cc1)(NC(=O)OCc1ccccc1)C(=O)O. The molecule has 12 heteroatoms. The van der Waals surface area contributed by atoms with E-state index >= 15 is 0 Å². The molecule has 2 rings (SSSR count). The summed E-state index contributed by atoms with van der Waals surface area (Å²) >= 11 is 0. The number of carbonyl (C=O) groups is 2. The number of aliphatic carboxylic acids is 1. The van der Waals surface area contributed by atoms with Gasteiger partial charge in [0, 0.05) is 6.42 Å². The number of hydrogen-bond acceptors (Lipinski definition) is 6. The predicted molar refractivity (Wildman–Crippen MR) is 102 cm³/mol. The molecule has 0 fully saturated rings. The summed E-state index contributed by atoms with van der Waals surface area (Å²) in [5, 5.41) is 11.8. The molecule has 0 aliphatic rings. The van der Waals surface area contributed by atoms with Gasteiger partial charge >= 0.3 is 27.7 Å². The van der Waals surface area contributed by atoms with Crippen molar-refractivity contribution < 1.29 is 45.2 Å². The van der Waals surface area contributed by atoms with Gasteiger partial charge in [0.15, 0.2) is 0 Å². The lowest BCUT2D eigenvalue weighted by Crippen LogP contribution is -2.53. The van der Waals surface area contributed by atoms with E-state index in [2.05, 4.69) is 9.50 Å². The number of carboxylic acid groups (broad SMARTS) is 1. The highest BCUT2D eigenvalue weighted by Crippen LogP contribution is 2.27. The second kappa shape index (κ2) is 9.25. The summed E-state index contributed by atoms with van der Waals surface area (Å²) in [5.41, 5.74) is -6.42. The largest absolute Gasteiger partial charge is 0.534 e. The van der Waals surface area contributed by atoms with Crippen LogP contribution in [0.1, 0.15) is 18.1 Å². The first-order valence-corrected chi connectivity index (χ1v) is 10.1. The fourth-order valence-electron chi connectivity index (χ4n) is 2.40. The van der Waals surface area contributed by atoms with Crippen molar-refractivity contribution in [3.8, 4) is 5.75 Å². The number of halogens is 3. The summed E-state index contributed by atoms with van der Waals surface area (Å²) < 4.78 is 68.2. The Morgan fingerprint density at radius 2 is 1.58 bits per heavy atom. The third-order valence-electron chi connectivity index (χ3n) is 4.03. The molecule has 2 aromatic carbocycles. The Hall–Kier alpha value is -3.28. The summed E-state index contributed by atoms with van der Waals surface area (Å²) in [6.07, 6.45) is -1.25. The molecule has 31 heavy (non-hydrogen) atoms. The van der Waals surface area contributed by atoms with E-state index in [0.717, 1.165) is 12.1 Å². The molecule has 168 valence electrons. The number of nitrogens with one attached hydrogen (secondary N) is 1. The van der Waals surface area contributed by atoms with Gasteiger partial charge < -0.3 is 19.3 Å². The van der Waals surface area contributed by atoms with Crippen LogP contribution in [0.3, 0.4) is 0 Å². The summed E-state index contributed by atoms with van der Waals surface area (Å²) in [5.74, 6) is -1.99. The highest BCUT2D eigenvalue weighted by molar-refractivity contribution is 7.88. The zero-order valence-electron chi connectivity index (χ0n) is 16.0. The molecule has 0 saturated carbocycles. The number of carboxylic acids is 1. The molecule has 2 N–H and O–H groups in total. The van der Waals surface area contributed by atoms with Crippen LogP contribution in [-0.4, -0.2) is 36.6 Å². The van der Waals surface area contributed by atoms with Crippen LogP contribution >= 0.6 is 0 Å². The van der Waals surface area contributed by atoms with Crippen LogP contribution in [0.2, 0.25) is 0 Å². The van der Waals surface area contributed by atoms with Crippen molar-refractivity contribution in [3.05, 3.63) is 65.7 Å². The molecule has 0 spiro atoms. The van der Waals surface area contributed by atoms with Gasteiger partial charge in [-0.2, -0.15) is 21.6 Å². The summed E-state index contributed by atoms with van der Waals surface area (Å²) in [4.78, 5) is 23.7. The van der Waals surface area contributed by atoms with Crippen LogP contribution in [0.5, 0.6) is 5.75 Å². The molecule has 2 aromatic rings. The molecule has 0 aromatic heterocycles. The second-order valence-electron chi connectivity index (χ2n) is 6.63. The molecule has 0 heterocycles. The van der Waals surface area contributed by atoms with Gasteiger partial charge in [0.1, 0.15) is 17.9 Å². The van der Waals surface area contributed by atoms with Crippen LogP contribution < -0.4 is 9.50 Å². The molecule has 0 unspecified atom stereocenters. The highest BCUT2D eigenvalue weighted by Gasteiger charge is 2.48. The van der Waals surface area contributed by atoms with Gasteiger partial charge in [-0.25, -0.2) is 9.59 Å². The van der Waals surface area contributed by atoms with Crippen LogP contribution in [0.25, 0.3) is 0 Å². The molecule has 0 radical (unpaired) electrons. The third-order valence-corrected chi connectivity index (χ3v) is 5.01. The number of alkyl halides is 3. The molecule has 1 amide bonds. The van der Waals surface area contributed by atoms with E-state index in [1.54, 1.807) is 30.3 Å². The van der Waals surface area contributed by atoms with Crippen molar-refractivity contribution in [2.75, 3.05) is 0 Å². The Morgan fingerprint density at radius 3 is 2.10 bits per heavy atom. The van der Waals surface area contributed by atoms with Crippen LogP contribution in [0, 0.1) is 0 Å². The van der Waals surface area contributed by atoms with Gasteiger partial charge in [0.05, 0.1) is 0 Å². The van der Waals surface area contributed by atoms with E-state index in [9.17, 15) is 36.3 Å². The van der Waals surface area contributed by atoms with E-state index in [1.165, 1.54) is 19.1 Å². The monoisotopic (exact) mass is 461 g/mol.